The van der Waals surface area contributed by atoms with Crippen molar-refractivity contribution in [1.82, 2.24) is 5.32 Å². The summed E-state index contributed by atoms with van der Waals surface area (Å²) in [4.78, 5) is 11.1. The zero-order chi connectivity index (χ0) is 11.1. The van der Waals surface area contributed by atoms with Crippen LogP contribution < -0.4 is 5.32 Å². The van der Waals surface area contributed by atoms with Gasteiger partial charge in [-0.05, 0) is 17.7 Å². The SMILES string of the molecule is N#Cc1ccc(CNC(=O)CCBr)cc1. The molecule has 0 heterocycles. The molecule has 0 aliphatic heterocycles. The molecule has 0 saturated carbocycles. The van der Waals surface area contributed by atoms with E-state index in [-0.39, 0.29) is 5.91 Å². The van der Waals surface area contributed by atoms with Gasteiger partial charge in [0.05, 0.1) is 11.6 Å². The first-order valence-electron chi connectivity index (χ1n) is 4.58. The fraction of sp³-hybridized carbons (Fsp3) is 0.273. The molecule has 1 rings (SSSR count). The van der Waals surface area contributed by atoms with Crippen LogP contribution in [-0.4, -0.2) is 11.2 Å². The van der Waals surface area contributed by atoms with E-state index in [2.05, 4.69) is 21.2 Å². The molecule has 0 aliphatic rings. The van der Waals surface area contributed by atoms with Gasteiger partial charge in [-0.2, -0.15) is 5.26 Å². The molecule has 4 heteroatoms. The average Bonchev–Trinajstić information content (AvgIpc) is 2.27. The molecule has 0 spiro atoms. The Morgan fingerprint density at radius 3 is 2.60 bits per heavy atom. The highest BCUT2D eigenvalue weighted by molar-refractivity contribution is 9.09. The summed E-state index contributed by atoms with van der Waals surface area (Å²) in [6.07, 6.45) is 0.482. The summed E-state index contributed by atoms with van der Waals surface area (Å²) in [5.41, 5.74) is 1.63. The topological polar surface area (TPSA) is 52.9 Å². The number of nitrogens with zero attached hydrogens (tertiary/aromatic N) is 1. The summed E-state index contributed by atoms with van der Waals surface area (Å²) >= 11 is 3.20. The quantitative estimate of drug-likeness (QED) is 0.848. The van der Waals surface area contributed by atoms with Crippen LogP contribution in [0.25, 0.3) is 0 Å². The van der Waals surface area contributed by atoms with Gasteiger partial charge < -0.3 is 5.32 Å². The number of carbonyl (C=O) groups excluding carboxylic acids is 1. The minimum absolute atomic E-state index is 0.0243. The van der Waals surface area contributed by atoms with Crippen LogP contribution in [0.5, 0.6) is 0 Å². The Labute approximate surface area is 97.2 Å². The number of carbonyl (C=O) groups is 1. The standard InChI is InChI=1S/C11H11BrN2O/c12-6-5-11(15)14-8-10-3-1-9(7-13)2-4-10/h1-4H,5-6,8H2,(H,14,15). The van der Waals surface area contributed by atoms with E-state index in [9.17, 15) is 4.79 Å². The smallest absolute Gasteiger partial charge is 0.221 e. The van der Waals surface area contributed by atoms with Crippen molar-refractivity contribution < 1.29 is 4.79 Å². The van der Waals surface area contributed by atoms with Crippen molar-refractivity contribution >= 4 is 21.8 Å². The average molecular weight is 267 g/mol. The van der Waals surface area contributed by atoms with Crippen LogP contribution in [-0.2, 0) is 11.3 Å². The maximum absolute atomic E-state index is 11.1. The molecule has 1 N–H and O–H groups in total. The van der Waals surface area contributed by atoms with Crippen molar-refractivity contribution in [2.45, 2.75) is 13.0 Å². The van der Waals surface area contributed by atoms with E-state index in [4.69, 9.17) is 5.26 Å². The predicted molar refractivity (Wildman–Crippen MR) is 61.4 cm³/mol. The number of halogens is 1. The molecule has 1 aromatic carbocycles. The lowest BCUT2D eigenvalue weighted by molar-refractivity contribution is -0.120. The summed E-state index contributed by atoms with van der Waals surface area (Å²) in [6, 6.07) is 9.21. The monoisotopic (exact) mass is 266 g/mol. The molecule has 0 aromatic heterocycles. The third-order valence-electron chi connectivity index (χ3n) is 1.89. The van der Waals surface area contributed by atoms with Crippen LogP contribution in [0.1, 0.15) is 17.5 Å². The van der Waals surface area contributed by atoms with E-state index in [1.54, 1.807) is 12.1 Å². The third-order valence-corrected chi connectivity index (χ3v) is 2.29. The van der Waals surface area contributed by atoms with Crippen LogP contribution in [0.15, 0.2) is 24.3 Å². The lowest BCUT2D eigenvalue weighted by Crippen LogP contribution is -2.22. The molecular weight excluding hydrogens is 256 g/mol. The van der Waals surface area contributed by atoms with Crippen LogP contribution in [0.4, 0.5) is 0 Å². The normalized spacial score (nSPS) is 9.33. The second-order valence-corrected chi connectivity index (χ2v) is 3.82. The molecule has 0 bridgehead atoms. The van der Waals surface area contributed by atoms with Crippen LogP contribution in [0.3, 0.4) is 0 Å². The lowest BCUT2D eigenvalue weighted by atomic mass is 10.1. The van der Waals surface area contributed by atoms with E-state index in [0.29, 0.717) is 23.9 Å². The molecule has 0 saturated heterocycles. The zero-order valence-electron chi connectivity index (χ0n) is 8.16. The number of alkyl halides is 1. The first kappa shape index (κ1) is 11.7. The molecule has 3 nitrogen and oxygen atoms in total. The molecule has 1 aromatic rings. The number of amides is 1. The van der Waals surface area contributed by atoms with Crippen molar-refractivity contribution in [3.05, 3.63) is 35.4 Å². The number of nitriles is 1. The van der Waals surface area contributed by atoms with E-state index < -0.39 is 0 Å². The van der Waals surface area contributed by atoms with Gasteiger partial charge in [-0.1, -0.05) is 28.1 Å². The fourth-order valence-corrected chi connectivity index (χ4v) is 1.43. The first-order chi connectivity index (χ1) is 7.26. The van der Waals surface area contributed by atoms with E-state index >= 15 is 0 Å². The molecule has 0 atom stereocenters. The van der Waals surface area contributed by atoms with E-state index in [0.717, 1.165) is 5.56 Å². The number of hydrogen-bond acceptors (Lipinski definition) is 2. The molecule has 1 amide bonds. The van der Waals surface area contributed by atoms with Gasteiger partial charge in [0.15, 0.2) is 0 Å². The second-order valence-electron chi connectivity index (χ2n) is 3.02. The Bertz CT molecular complexity index is 367. The Morgan fingerprint density at radius 2 is 2.07 bits per heavy atom. The molecule has 0 unspecified atom stereocenters. The van der Waals surface area contributed by atoms with Gasteiger partial charge >= 0.3 is 0 Å². The van der Waals surface area contributed by atoms with Crippen molar-refractivity contribution in [2.75, 3.05) is 5.33 Å². The van der Waals surface area contributed by atoms with Crippen molar-refractivity contribution in [2.24, 2.45) is 0 Å². The number of nitrogens with one attached hydrogen (secondary N) is 1. The van der Waals surface area contributed by atoms with Crippen LogP contribution >= 0.6 is 15.9 Å². The summed E-state index contributed by atoms with van der Waals surface area (Å²) in [7, 11) is 0. The van der Waals surface area contributed by atoms with Crippen molar-refractivity contribution in [3.63, 3.8) is 0 Å². The highest BCUT2D eigenvalue weighted by Crippen LogP contribution is 2.02. The van der Waals surface area contributed by atoms with E-state index in [1.165, 1.54) is 0 Å². The minimum Gasteiger partial charge on any atom is -0.352 e. The summed E-state index contributed by atoms with van der Waals surface area (Å²) < 4.78 is 0. The van der Waals surface area contributed by atoms with Gasteiger partial charge in [-0.3, -0.25) is 4.79 Å². The number of hydrogen-bond donors (Lipinski definition) is 1. The van der Waals surface area contributed by atoms with Gasteiger partial charge in [0.1, 0.15) is 0 Å². The molecule has 0 fully saturated rings. The highest BCUT2D eigenvalue weighted by atomic mass is 79.9. The molecule has 0 aliphatic carbocycles. The van der Waals surface area contributed by atoms with Gasteiger partial charge in [-0.25, -0.2) is 0 Å². The predicted octanol–water partition coefficient (Wildman–Crippen LogP) is 1.96. The lowest BCUT2D eigenvalue weighted by Gasteiger charge is -2.03. The van der Waals surface area contributed by atoms with Crippen molar-refractivity contribution in [1.29, 1.82) is 5.26 Å². The molecule has 78 valence electrons. The summed E-state index contributed by atoms with van der Waals surface area (Å²) in [5, 5.41) is 12.0. The van der Waals surface area contributed by atoms with Crippen molar-refractivity contribution in [3.8, 4) is 6.07 Å². The third kappa shape index (κ3) is 4.13. The molecular formula is C11H11BrN2O. The van der Waals surface area contributed by atoms with Gasteiger partial charge in [0.25, 0.3) is 0 Å². The van der Waals surface area contributed by atoms with E-state index in [1.807, 2.05) is 18.2 Å². The maximum Gasteiger partial charge on any atom is 0.221 e. The fourth-order valence-electron chi connectivity index (χ4n) is 1.07. The molecule has 15 heavy (non-hydrogen) atoms. The molecule has 0 radical (unpaired) electrons. The first-order valence-corrected chi connectivity index (χ1v) is 5.70. The number of rotatable bonds is 4. The zero-order valence-corrected chi connectivity index (χ0v) is 9.75. The van der Waals surface area contributed by atoms with Gasteiger partial charge in [0.2, 0.25) is 5.91 Å². The maximum atomic E-state index is 11.1. The summed E-state index contributed by atoms with van der Waals surface area (Å²) in [5.74, 6) is 0.0243. The Hall–Kier alpha value is -1.34. The van der Waals surface area contributed by atoms with Gasteiger partial charge in [0, 0.05) is 18.3 Å². The van der Waals surface area contributed by atoms with Crippen LogP contribution in [0.2, 0.25) is 0 Å². The Morgan fingerprint density at radius 1 is 1.40 bits per heavy atom. The Kier molecular flexibility index (Phi) is 4.85. The minimum atomic E-state index is 0.0243. The number of benzene rings is 1. The van der Waals surface area contributed by atoms with Crippen LogP contribution in [0, 0.1) is 11.3 Å². The summed E-state index contributed by atoms with van der Waals surface area (Å²) in [6.45, 7) is 0.511. The Balaban J connectivity index is 2.45. The second kappa shape index (κ2) is 6.20. The van der Waals surface area contributed by atoms with Gasteiger partial charge in [-0.15, -0.1) is 0 Å². The largest absolute Gasteiger partial charge is 0.352 e. The highest BCUT2D eigenvalue weighted by Gasteiger charge is 1.99.